The van der Waals surface area contributed by atoms with Crippen molar-refractivity contribution >= 4 is 17.9 Å². The van der Waals surface area contributed by atoms with Crippen molar-refractivity contribution in [3.63, 3.8) is 0 Å². The van der Waals surface area contributed by atoms with Crippen LogP contribution in [-0.2, 0) is 20.9 Å². The molecular formula is C22H25N3O5. The maximum atomic E-state index is 13.0. The molecule has 4 rings (SSSR count). The van der Waals surface area contributed by atoms with Crippen LogP contribution in [0.5, 0.6) is 0 Å². The second-order valence-electron chi connectivity index (χ2n) is 7.87. The first-order valence-electron chi connectivity index (χ1n) is 10.2. The van der Waals surface area contributed by atoms with E-state index in [1.165, 1.54) is 4.90 Å². The molecule has 2 aliphatic rings. The summed E-state index contributed by atoms with van der Waals surface area (Å²) in [5.74, 6) is 0.0537. The number of nitrogens with zero attached hydrogens (tertiary/aromatic N) is 3. The normalized spacial score (nSPS) is 18.3. The van der Waals surface area contributed by atoms with Crippen molar-refractivity contribution in [2.75, 3.05) is 13.6 Å². The highest BCUT2D eigenvalue weighted by Gasteiger charge is 2.55. The number of esters is 1. The largest absolute Gasteiger partial charge is 0.458 e. The highest BCUT2D eigenvalue weighted by atomic mass is 16.5. The fraction of sp³-hybridized carbons (Fsp3) is 0.455. The first-order valence-corrected chi connectivity index (χ1v) is 10.2. The number of amides is 3. The van der Waals surface area contributed by atoms with E-state index in [-0.39, 0.29) is 12.5 Å². The molecule has 2 aromatic rings. The topological polar surface area (TPSA) is 93.0 Å². The molecule has 0 bridgehead atoms. The zero-order chi connectivity index (χ0) is 21.3. The SMILES string of the molecule is Cc1oc(-c2ccccc2)nc1COC(=O)CN1C(=O)N(C)C2(CCCCC2)C1=O. The smallest absolute Gasteiger partial charge is 0.327 e. The Morgan fingerprint density at radius 3 is 2.57 bits per heavy atom. The minimum Gasteiger partial charge on any atom is -0.458 e. The molecule has 0 radical (unpaired) electrons. The van der Waals surface area contributed by atoms with Crippen LogP contribution >= 0.6 is 0 Å². The Hall–Kier alpha value is -3.16. The minimum absolute atomic E-state index is 0.0851. The molecule has 3 amide bonds. The lowest BCUT2D eigenvalue weighted by Gasteiger charge is -2.35. The van der Waals surface area contributed by atoms with E-state index >= 15 is 0 Å². The van der Waals surface area contributed by atoms with Crippen molar-refractivity contribution in [2.24, 2.45) is 0 Å². The molecule has 1 aromatic heterocycles. The average molecular weight is 411 g/mol. The number of aromatic nitrogens is 1. The van der Waals surface area contributed by atoms with Crippen LogP contribution in [0.3, 0.4) is 0 Å². The molecule has 0 N–H and O–H groups in total. The summed E-state index contributed by atoms with van der Waals surface area (Å²) in [6.45, 7) is 1.27. The number of imide groups is 1. The summed E-state index contributed by atoms with van der Waals surface area (Å²) in [7, 11) is 1.64. The number of hydrogen-bond donors (Lipinski definition) is 0. The van der Waals surface area contributed by atoms with Crippen LogP contribution in [-0.4, -0.2) is 51.8 Å². The van der Waals surface area contributed by atoms with Gasteiger partial charge in [-0.05, 0) is 31.9 Å². The quantitative estimate of drug-likeness (QED) is 0.554. The molecule has 158 valence electrons. The number of carbonyl (C=O) groups excluding carboxylic acids is 3. The van der Waals surface area contributed by atoms with Crippen molar-refractivity contribution < 1.29 is 23.5 Å². The lowest BCUT2D eigenvalue weighted by Crippen LogP contribution is -2.49. The molecule has 1 aliphatic carbocycles. The summed E-state index contributed by atoms with van der Waals surface area (Å²) in [6.07, 6.45) is 4.13. The molecular weight excluding hydrogens is 386 g/mol. The first-order chi connectivity index (χ1) is 14.4. The van der Waals surface area contributed by atoms with Gasteiger partial charge in [0.25, 0.3) is 5.91 Å². The van der Waals surface area contributed by atoms with Gasteiger partial charge in [-0.25, -0.2) is 9.78 Å². The van der Waals surface area contributed by atoms with Gasteiger partial charge >= 0.3 is 12.0 Å². The minimum atomic E-state index is -0.803. The van der Waals surface area contributed by atoms with Crippen molar-refractivity contribution in [3.05, 3.63) is 41.8 Å². The fourth-order valence-electron chi connectivity index (χ4n) is 4.26. The van der Waals surface area contributed by atoms with E-state index in [1.54, 1.807) is 14.0 Å². The highest BCUT2D eigenvalue weighted by Crippen LogP contribution is 2.39. The third-order valence-electron chi connectivity index (χ3n) is 6.05. The van der Waals surface area contributed by atoms with Crippen LogP contribution in [0.1, 0.15) is 43.6 Å². The number of likely N-dealkylation sites (N-methyl/N-ethyl adjacent to an activating group) is 1. The van der Waals surface area contributed by atoms with Gasteiger partial charge in [-0.15, -0.1) is 0 Å². The van der Waals surface area contributed by atoms with Gasteiger partial charge in [-0.1, -0.05) is 37.5 Å². The highest BCUT2D eigenvalue weighted by molar-refractivity contribution is 6.08. The summed E-state index contributed by atoms with van der Waals surface area (Å²) in [5, 5.41) is 0. The van der Waals surface area contributed by atoms with Gasteiger partial charge in [0.05, 0.1) is 0 Å². The number of urea groups is 1. The third kappa shape index (κ3) is 3.46. The molecule has 30 heavy (non-hydrogen) atoms. The second-order valence-corrected chi connectivity index (χ2v) is 7.87. The third-order valence-corrected chi connectivity index (χ3v) is 6.05. The molecule has 1 saturated carbocycles. The van der Waals surface area contributed by atoms with Gasteiger partial charge in [-0.3, -0.25) is 14.5 Å². The number of rotatable bonds is 5. The summed E-state index contributed by atoms with van der Waals surface area (Å²) >= 11 is 0. The standard InChI is InChI=1S/C22H25N3O5/c1-15-17(23-19(30-15)16-9-5-3-6-10-16)14-29-18(26)13-25-20(27)22(24(2)21(25)28)11-7-4-8-12-22/h3,5-6,9-10H,4,7-8,11-14H2,1-2H3. The molecule has 1 aliphatic heterocycles. The Kier molecular flexibility index (Phi) is 5.32. The van der Waals surface area contributed by atoms with Gasteiger partial charge < -0.3 is 14.1 Å². The lowest BCUT2D eigenvalue weighted by molar-refractivity contribution is -0.149. The molecule has 2 fully saturated rings. The number of aryl methyl sites for hydroxylation is 1. The Balaban J connectivity index is 1.39. The molecule has 2 heterocycles. The number of carbonyl (C=O) groups is 3. The number of benzene rings is 1. The summed E-state index contributed by atoms with van der Waals surface area (Å²) in [6, 6.07) is 8.98. The van der Waals surface area contributed by atoms with Crippen molar-refractivity contribution in [3.8, 4) is 11.5 Å². The van der Waals surface area contributed by atoms with Gasteiger partial charge in [-0.2, -0.15) is 0 Å². The van der Waals surface area contributed by atoms with Crippen LogP contribution in [0.15, 0.2) is 34.7 Å². The van der Waals surface area contributed by atoms with Gasteiger partial charge in [0.1, 0.15) is 30.1 Å². The second kappa shape index (κ2) is 7.93. The van der Waals surface area contributed by atoms with E-state index in [1.807, 2.05) is 30.3 Å². The first kappa shape index (κ1) is 20.1. The lowest BCUT2D eigenvalue weighted by atomic mass is 9.81. The van der Waals surface area contributed by atoms with Gasteiger partial charge in [0, 0.05) is 12.6 Å². The van der Waals surface area contributed by atoms with E-state index in [0.717, 1.165) is 29.7 Å². The predicted molar refractivity (Wildman–Crippen MR) is 107 cm³/mol. The molecule has 1 aromatic carbocycles. The molecule has 1 saturated heterocycles. The fourth-order valence-corrected chi connectivity index (χ4v) is 4.26. The zero-order valence-corrected chi connectivity index (χ0v) is 17.2. The van der Waals surface area contributed by atoms with Crippen LogP contribution in [0, 0.1) is 6.92 Å². The Morgan fingerprint density at radius 2 is 1.87 bits per heavy atom. The number of oxazole rings is 1. The Morgan fingerprint density at radius 1 is 1.17 bits per heavy atom. The monoisotopic (exact) mass is 411 g/mol. The van der Waals surface area contributed by atoms with E-state index in [0.29, 0.717) is 30.2 Å². The van der Waals surface area contributed by atoms with E-state index in [4.69, 9.17) is 9.15 Å². The van der Waals surface area contributed by atoms with Crippen LogP contribution < -0.4 is 0 Å². The van der Waals surface area contributed by atoms with E-state index in [2.05, 4.69) is 4.98 Å². The van der Waals surface area contributed by atoms with Crippen LogP contribution in [0.4, 0.5) is 4.79 Å². The van der Waals surface area contributed by atoms with Crippen molar-refractivity contribution in [1.29, 1.82) is 0 Å². The maximum Gasteiger partial charge on any atom is 0.327 e. The van der Waals surface area contributed by atoms with E-state index < -0.39 is 24.1 Å². The average Bonchev–Trinajstić information content (AvgIpc) is 3.22. The molecule has 0 unspecified atom stereocenters. The molecule has 8 nitrogen and oxygen atoms in total. The molecule has 0 atom stereocenters. The van der Waals surface area contributed by atoms with Gasteiger partial charge in [0.15, 0.2) is 0 Å². The Labute approximate surface area is 174 Å². The Bertz CT molecular complexity index is 962. The predicted octanol–water partition coefficient (Wildman–Crippen LogP) is 3.29. The van der Waals surface area contributed by atoms with Crippen molar-refractivity contribution in [2.45, 2.75) is 51.2 Å². The van der Waals surface area contributed by atoms with Crippen LogP contribution in [0.2, 0.25) is 0 Å². The molecule has 1 spiro atoms. The number of hydrogen-bond acceptors (Lipinski definition) is 6. The number of ether oxygens (including phenoxy) is 1. The van der Waals surface area contributed by atoms with Crippen molar-refractivity contribution in [1.82, 2.24) is 14.8 Å². The summed E-state index contributed by atoms with van der Waals surface area (Å²) < 4.78 is 11.0. The van der Waals surface area contributed by atoms with E-state index in [9.17, 15) is 14.4 Å². The van der Waals surface area contributed by atoms with Gasteiger partial charge in [0.2, 0.25) is 5.89 Å². The van der Waals surface area contributed by atoms with Crippen LogP contribution in [0.25, 0.3) is 11.5 Å². The zero-order valence-electron chi connectivity index (χ0n) is 17.2. The maximum absolute atomic E-state index is 13.0. The summed E-state index contributed by atoms with van der Waals surface area (Å²) in [4.78, 5) is 44.9. The summed E-state index contributed by atoms with van der Waals surface area (Å²) in [5.41, 5.74) is 0.525. The molecule has 8 heteroatoms.